The van der Waals surface area contributed by atoms with Gasteiger partial charge in [0.25, 0.3) is 17.7 Å². The third-order valence-electron chi connectivity index (χ3n) is 6.04. The summed E-state index contributed by atoms with van der Waals surface area (Å²) in [6.45, 7) is 3.61. The van der Waals surface area contributed by atoms with Crippen molar-refractivity contribution in [3.63, 3.8) is 0 Å². The average Bonchev–Trinajstić information content (AvgIpc) is 3.40. The first-order valence-electron chi connectivity index (χ1n) is 12.5. The Morgan fingerprint density at radius 1 is 1.05 bits per heavy atom. The maximum Gasteiger partial charge on any atom is 0.335 e. The smallest absolute Gasteiger partial charge is 0.335 e. The van der Waals surface area contributed by atoms with E-state index >= 15 is 0 Å². The van der Waals surface area contributed by atoms with Crippen molar-refractivity contribution in [2.24, 2.45) is 0 Å². The number of amides is 5. The van der Waals surface area contributed by atoms with Gasteiger partial charge in [0.2, 0.25) is 6.79 Å². The Bertz CT molecular complexity index is 1590. The SMILES string of the molecule is CCOc1cc(/C=C2\C(=O)NC(=O)N(c3ccc4c(c3)OCO4)C2=O)cc(Cl)c1OCC(=O)Nc1ccc(C)cc1. The molecule has 2 aliphatic rings. The summed E-state index contributed by atoms with van der Waals surface area (Å²) < 4.78 is 22.0. The molecule has 2 aliphatic heterocycles. The van der Waals surface area contributed by atoms with Crippen LogP contribution in [0.3, 0.4) is 0 Å². The van der Waals surface area contributed by atoms with Crippen molar-refractivity contribution in [1.29, 1.82) is 0 Å². The van der Waals surface area contributed by atoms with Crippen LogP contribution in [0.5, 0.6) is 23.0 Å². The minimum Gasteiger partial charge on any atom is -0.490 e. The Kier molecular flexibility index (Phi) is 7.79. The number of hydrogen-bond donors (Lipinski definition) is 2. The molecule has 1 fully saturated rings. The van der Waals surface area contributed by atoms with Crippen LogP contribution in [-0.4, -0.2) is 43.8 Å². The van der Waals surface area contributed by atoms with Crippen LogP contribution < -0.4 is 34.5 Å². The molecule has 12 heteroatoms. The highest BCUT2D eigenvalue weighted by atomic mass is 35.5. The van der Waals surface area contributed by atoms with Gasteiger partial charge in [-0.2, -0.15) is 0 Å². The standard InChI is InChI=1S/C29H24ClN3O8/c1-3-38-24-12-17(11-21(30)26(24)39-14-25(34)31-18-6-4-16(2)5-7-18)10-20-27(35)32-29(37)33(28(20)36)19-8-9-22-23(13-19)41-15-40-22/h4-13H,3,14-15H2,1-2H3,(H,31,34)(H,32,35,37)/b20-10+. The van der Waals surface area contributed by atoms with Crippen molar-refractivity contribution in [1.82, 2.24) is 5.32 Å². The first-order valence-corrected chi connectivity index (χ1v) is 12.9. The number of nitrogens with zero attached hydrogens (tertiary/aromatic N) is 1. The van der Waals surface area contributed by atoms with E-state index in [1.54, 1.807) is 25.1 Å². The summed E-state index contributed by atoms with van der Waals surface area (Å²) in [6, 6.07) is 13.9. The Morgan fingerprint density at radius 3 is 2.56 bits per heavy atom. The van der Waals surface area contributed by atoms with Crippen molar-refractivity contribution in [2.75, 3.05) is 30.2 Å². The van der Waals surface area contributed by atoms with E-state index in [9.17, 15) is 19.2 Å². The van der Waals surface area contributed by atoms with E-state index in [2.05, 4.69) is 10.6 Å². The molecular formula is C29H24ClN3O8. The molecule has 0 unspecified atom stereocenters. The predicted octanol–water partition coefficient (Wildman–Crippen LogP) is 4.46. The van der Waals surface area contributed by atoms with Gasteiger partial charge in [0, 0.05) is 11.8 Å². The molecule has 3 aromatic rings. The third kappa shape index (κ3) is 5.94. The number of rotatable bonds is 8. The van der Waals surface area contributed by atoms with E-state index in [1.807, 2.05) is 19.1 Å². The zero-order valence-corrected chi connectivity index (χ0v) is 22.7. The van der Waals surface area contributed by atoms with Gasteiger partial charge in [0.1, 0.15) is 5.57 Å². The minimum absolute atomic E-state index is 0.0165. The Balaban J connectivity index is 1.38. The molecule has 2 heterocycles. The summed E-state index contributed by atoms with van der Waals surface area (Å²) in [5.41, 5.74) is 1.88. The highest BCUT2D eigenvalue weighted by Gasteiger charge is 2.37. The predicted molar refractivity (Wildman–Crippen MR) is 149 cm³/mol. The van der Waals surface area contributed by atoms with Gasteiger partial charge >= 0.3 is 6.03 Å². The summed E-state index contributed by atoms with van der Waals surface area (Å²) in [7, 11) is 0. The number of carbonyl (C=O) groups excluding carboxylic acids is 4. The van der Waals surface area contributed by atoms with E-state index < -0.39 is 23.8 Å². The molecule has 41 heavy (non-hydrogen) atoms. The number of nitrogens with one attached hydrogen (secondary N) is 2. The number of imide groups is 2. The van der Waals surface area contributed by atoms with Gasteiger partial charge in [0.15, 0.2) is 29.6 Å². The summed E-state index contributed by atoms with van der Waals surface area (Å²) in [4.78, 5) is 51.8. The van der Waals surface area contributed by atoms with Crippen molar-refractivity contribution in [2.45, 2.75) is 13.8 Å². The molecule has 5 rings (SSSR count). The molecule has 0 saturated carbocycles. The van der Waals surface area contributed by atoms with Crippen LogP contribution in [0.15, 0.2) is 60.2 Å². The zero-order valence-electron chi connectivity index (χ0n) is 22.0. The zero-order chi connectivity index (χ0) is 29.1. The fourth-order valence-electron chi connectivity index (χ4n) is 4.13. The monoisotopic (exact) mass is 577 g/mol. The van der Waals surface area contributed by atoms with Gasteiger partial charge in [-0.05, 0) is 61.9 Å². The normalized spacial score (nSPS) is 15.1. The number of fused-ring (bicyclic) bond motifs is 1. The number of aryl methyl sites for hydroxylation is 1. The van der Waals surface area contributed by atoms with Crippen LogP contribution >= 0.6 is 11.6 Å². The Labute approximate surface area is 239 Å². The second kappa shape index (κ2) is 11.6. The van der Waals surface area contributed by atoms with E-state index in [0.29, 0.717) is 22.7 Å². The third-order valence-corrected chi connectivity index (χ3v) is 6.32. The molecule has 11 nitrogen and oxygen atoms in total. The molecule has 1 saturated heterocycles. The summed E-state index contributed by atoms with van der Waals surface area (Å²) in [5, 5.41) is 4.99. The van der Waals surface area contributed by atoms with Crippen LogP contribution in [0.2, 0.25) is 5.02 Å². The number of anilines is 2. The lowest BCUT2D eigenvalue weighted by Crippen LogP contribution is -2.54. The molecule has 0 spiro atoms. The average molecular weight is 578 g/mol. The van der Waals surface area contributed by atoms with E-state index in [-0.39, 0.29) is 47.8 Å². The van der Waals surface area contributed by atoms with Crippen LogP contribution in [-0.2, 0) is 14.4 Å². The molecule has 0 atom stereocenters. The van der Waals surface area contributed by atoms with Crippen molar-refractivity contribution < 1.29 is 38.1 Å². The molecule has 2 N–H and O–H groups in total. The highest BCUT2D eigenvalue weighted by molar-refractivity contribution is 6.39. The molecule has 210 valence electrons. The molecule has 0 bridgehead atoms. The van der Waals surface area contributed by atoms with Gasteiger partial charge in [-0.1, -0.05) is 29.3 Å². The van der Waals surface area contributed by atoms with Gasteiger partial charge in [-0.15, -0.1) is 0 Å². The maximum atomic E-state index is 13.3. The largest absolute Gasteiger partial charge is 0.490 e. The number of barbiturate groups is 1. The second-order valence-corrected chi connectivity index (χ2v) is 9.37. The van der Waals surface area contributed by atoms with Gasteiger partial charge < -0.3 is 24.3 Å². The second-order valence-electron chi connectivity index (χ2n) is 8.96. The highest BCUT2D eigenvalue weighted by Crippen LogP contribution is 2.39. The lowest BCUT2D eigenvalue weighted by atomic mass is 10.1. The lowest BCUT2D eigenvalue weighted by Gasteiger charge is -2.26. The van der Waals surface area contributed by atoms with Crippen LogP contribution in [0.1, 0.15) is 18.1 Å². The first kappa shape index (κ1) is 27.5. The molecule has 0 aromatic heterocycles. The van der Waals surface area contributed by atoms with Crippen molar-refractivity contribution >= 4 is 52.8 Å². The summed E-state index contributed by atoms with van der Waals surface area (Å²) >= 11 is 6.48. The van der Waals surface area contributed by atoms with E-state index in [0.717, 1.165) is 10.5 Å². The number of urea groups is 1. The van der Waals surface area contributed by atoms with Crippen LogP contribution in [0.4, 0.5) is 16.2 Å². The quantitative estimate of drug-likeness (QED) is 0.296. The number of ether oxygens (including phenoxy) is 4. The molecule has 5 amide bonds. The van der Waals surface area contributed by atoms with Gasteiger partial charge in [-0.25, -0.2) is 9.69 Å². The first-order chi connectivity index (χ1) is 19.7. The summed E-state index contributed by atoms with van der Waals surface area (Å²) in [5.74, 6) is -0.982. The van der Waals surface area contributed by atoms with Crippen molar-refractivity contribution in [3.8, 4) is 23.0 Å². The topological polar surface area (TPSA) is 133 Å². The molecule has 0 aliphatic carbocycles. The number of carbonyl (C=O) groups is 4. The number of benzene rings is 3. The maximum absolute atomic E-state index is 13.3. The fraction of sp³-hybridized carbons (Fsp3) is 0.172. The number of halogens is 1. The van der Waals surface area contributed by atoms with Crippen LogP contribution in [0, 0.1) is 6.92 Å². The molecule has 3 aromatic carbocycles. The Hall–Kier alpha value is -5.03. The molecule has 0 radical (unpaired) electrons. The molecular weight excluding hydrogens is 554 g/mol. The lowest BCUT2D eigenvalue weighted by molar-refractivity contribution is -0.122. The van der Waals surface area contributed by atoms with Crippen molar-refractivity contribution in [3.05, 3.63) is 76.3 Å². The minimum atomic E-state index is -0.906. The Morgan fingerprint density at radius 2 is 1.80 bits per heavy atom. The summed E-state index contributed by atoms with van der Waals surface area (Å²) in [6.07, 6.45) is 1.28. The van der Waals surface area contributed by atoms with Gasteiger partial charge in [-0.3, -0.25) is 19.7 Å². The number of hydrogen-bond acceptors (Lipinski definition) is 8. The van der Waals surface area contributed by atoms with Crippen LogP contribution in [0.25, 0.3) is 6.08 Å². The fourth-order valence-corrected chi connectivity index (χ4v) is 4.40. The van der Waals surface area contributed by atoms with E-state index in [4.69, 9.17) is 30.5 Å². The van der Waals surface area contributed by atoms with E-state index in [1.165, 1.54) is 30.3 Å². The van der Waals surface area contributed by atoms with Gasteiger partial charge in [0.05, 0.1) is 17.3 Å².